The Morgan fingerprint density at radius 1 is 0.824 bits per heavy atom. The average molecular weight is 239 g/mol. The molecule has 1 nitrogen and oxygen atoms in total. The minimum Gasteiger partial charge on any atom is -0.327 e. The summed E-state index contributed by atoms with van der Waals surface area (Å²) in [5.41, 5.74) is 6.49. The molecule has 1 aliphatic carbocycles. The quantitative estimate of drug-likeness (QED) is 0.600. The van der Waals surface area contributed by atoms with Crippen molar-refractivity contribution in [2.45, 2.75) is 90.5 Å². The largest absolute Gasteiger partial charge is 0.327 e. The van der Waals surface area contributed by atoms with Gasteiger partial charge >= 0.3 is 0 Å². The number of rotatable bonds is 8. The van der Waals surface area contributed by atoms with Gasteiger partial charge in [-0.25, -0.2) is 0 Å². The Balaban J connectivity index is 2.26. The molecule has 1 fully saturated rings. The molecule has 2 unspecified atom stereocenters. The van der Waals surface area contributed by atoms with Crippen LogP contribution in [0.2, 0.25) is 0 Å². The van der Waals surface area contributed by atoms with E-state index in [9.17, 15) is 0 Å². The molecule has 2 N–H and O–H groups in total. The van der Waals surface area contributed by atoms with Crippen LogP contribution in [0.25, 0.3) is 0 Å². The van der Waals surface area contributed by atoms with Crippen molar-refractivity contribution in [2.75, 3.05) is 0 Å². The summed E-state index contributed by atoms with van der Waals surface area (Å²) in [5, 5.41) is 0. The normalized spacial score (nSPS) is 29.5. The molecule has 0 amide bonds. The van der Waals surface area contributed by atoms with Crippen LogP contribution >= 0.6 is 0 Å². The summed E-state index contributed by atoms with van der Waals surface area (Å²) < 4.78 is 0. The Morgan fingerprint density at radius 3 is 1.71 bits per heavy atom. The van der Waals surface area contributed by atoms with Crippen LogP contribution in [0, 0.1) is 11.8 Å². The van der Waals surface area contributed by atoms with Crippen molar-refractivity contribution in [3.05, 3.63) is 0 Å². The third kappa shape index (κ3) is 5.42. The Labute approximate surface area is 109 Å². The second kappa shape index (κ2) is 8.97. The summed E-state index contributed by atoms with van der Waals surface area (Å²) in [6.45, 7) is 4.57. The van der Waals surface area contributed by atoms with Gasteiger partial charge in [0.25, 0.3) is 0 Å². The van der Waals surface area contributed by atoms with E-state index in [-0.39, 0.29) is 0 Å². The lowest BCUT2D eigenvalue weighted by molar-refractivity contribution is 0.194. The van der Waals surface area contributed by atoms with E-state index in [1.807, 2.05) is 0 Å². The lowest BCUT2D eigenvalue weighted by Gasteiger charge is -2.36. The summed E-state index contributed by atoms with van der Waals surface area (Å²) in [5.74, 6) is 1.67. The van der Waals surface area contributed by atoms with E-state index in [0.717, 1.165) is 11.8 Å². The van der Waals surface area contributed by atoms with E-state index >= 15 is 0 Å². The van der Waals surface area contributed by atoms with Crippen LogP contribution in [-0.4, -0.2) is 6.04 Å². The summed E-state index contributed by atoms with van der Waals surface area (Å²) in [7, 11) is 0. The Morgan fingerprint density at radius 2 is 1.29 bits per heavy atom. The fourth-order valence-corrected chi connectivity index (χ4v) is 3.40. The first-order valence-electron chi connectivity index (χ1n) is 8.05. The maximum Gasteiger partial charge on any atom is 0.00956 e. The Bertz CT molecular complexity index is 160. The molecule has 0 spiro atoms. The molecule has 1 rings (SSSR count). The summed E-state index contributed by atoms with van der Waals surface area (Å²) >= 11 is 0. The van der Waals surface area contributed by atoms with E-state index in [4.69, 9.17) is 5.73 Å². The van der Waals surface area contributed by atoms with Gasteiger partial charge in [-0.1, -0.05) is 58.8 Å². The minimum absolute atomic E-state index is 0.512. The first-order chi connectivity index (χ1) is 8.29. The summed E-state index contributed by atoms with van der Waals surface area (Å²) in [6, 6.07) is 0.512. The molecular formula is C16H33N. The third-order valence-electron chi connectivity index (χ3n) is 4.60. The van der Waals surface area contributed by atoms with Crippen LogP contribution in [0.1, 0.15) is 84.5 Å². The number of unbranched alkanes of at least 4 members (excludes halogenated alkanes) is 4. The van der Waals surface area contributed by atoms with Gasteiger partial charge in [0, 0.05) is 6.04 Å². The molecule has 1 aliphatic rings. The van der Waals surface area contributed by atoms with Gasteiger partial charge < -0.3 is 5.73 Å². The minimum atomic E-state index is 0.512. The molecule has 0 aromatic carbocycles. The van der Waals surface area contributed by atoms with Crippen molar-refractivity contribution < 1.29 is 0 Å². The predicted octanol–water partition coefficient (Wildman–Crippen LogP) is 4.89. The predicted molar refractivity (Wildman–Crippen MR) is 77.1 cm³/mol. The molecule has 102 valence electrons. The first-order valence-corrected chi connectivity index (χ1v) is 8.05. The van der Waals surface area contributed by atoms with Crippen molar-refractivity contribution in [3.8, 4) is 0 Å². The molecule has 1 heteroatoms. The van der Waals surface area contributed by atoms with Crippen LogP contribution in [0.15, 0.2) is 0 Å². The van der Waals surface area contributed by atoms with Gasteiger partial charge in [0.1, 0.15) is 0 Å². The van der Waals surface area contributed by atoms with Gasteiger partial charge in [-0.05, 0) is 37.5 Å². The monoisotopic (exact) mass is 239 g/mol. The zero-order valence-corrected chi connectivity index (χ0v) is 12.1. The highest BCUT2D eigenvalue weighted by atomic mass is 14.7. The second-order valence-electron chi connectivity index (χ2n) is 6.02. The number of hydrogen-bond acceptors (Lipinski definition) is 1. The van der Waals surface area contributed by atoms with Crippen LogP contribution in [0.4, 0.5) is 0 Å². The van der Waals surface area contributed by atoms with Gasteiger partial charge in [-0.2, -0.15) is 0 Å². The van der Waals surface area contributed by atoms with Crippen molar-refractivity contribution in [1.29, 1.82) is 0 Å². The highest BCUT2D eigenvalue weighted by molar-refractivity contribution is 4.85. The first kappa shape index (κ1) is 15.0. The standard InChI is InChI=1S/C16H33N/c1-3-5-7-10-14-12-9-13-15(16(14)17)11-8-6-4-2/h14-16H,3-13,17H2,1-2H3. The van der Waals surface area contributed by atoms with Gasteiger partial charge in [-0.3, -0.25) is 0 Å². The molecule has 2 atom stereocenters. The zero-order chi connectivity index (χ0) is 12.5. The third-order valence-corrected chi connectivity index (χ3v) is 4.60. The molecular weight excluding hydrogens is 206 g/mol. The van der Waals surface area contributed by atoms with E-state index in [0.29, 0.717) is 6.04 Å². The molecule has 0 aliphatic heterocycles. The van der Waals surface area contributed by atoms with E-state index in [1.165, 1.54) is 70.6 Å². The fourth-order valence-electron chi connectivity index (χ4n) is 3.40. The average Bonchev–Trinajstić information content (AvgIpc) is 2.34. The van der Waals surface area contributed by atoms with E-state index < -0.39 is 0 Å². The highest BCUT2D eigenvalue weighted by Gasteiger charge is 2.29. The van der Waals surface area contributed by atoms with Crippen molar-refractivity contribution in [2.24, 2.45) is 17.6 Å². The maximum atomic E-state index is 6.49. The number of nitrogens with two attached hydrogens (primary N) is 1. The lowest BCUT2D eigenvalue weighted by atomic mass is 9.73. The van der Waals surface area contributed by atoms with Gasteiger partial charge in [0.15, 0.2) is 0 Å². The van der Waals surface area contributed by atoms with E-state index in [2.05, 4.69) is 13.8 Å². The van der Waals surface area contributed by atoms with Gasteiger partial charge in [0.05, 0.1) is 0 Å². The van der Waals surface area contributed by atoms with Crippen LogP contribution in [0.3, 0.4) is 0 Å². The zero-order valence-electron chi connectivity index (χ0n) is 12.1. The van der Waals surface area contributed by atoms with Crippen molar-refractivity contribution in [1.82, 2.24) is 0 Å². The molecule has 0 saturated heterocycles. The SMILES string of the molecule is CCCCCC1CCCC(CCCCC)C1N. The summed E-state index contributed by atoms with van der Waals surface area (Å²) in [6.07, 6.45) is 15.3. The topological polar surface area (TPSA) is 26.0 Å². The van der Waals surface area contributed by atoms with Gasteiger partial charge in [-0.15, -0.1) is 0 Å². The Hall–Kier alpha value is -0.0400. The molecule has 0 radical (unpaired) electrons. The lowest BCUT2D eigenvalue weighted by Crippen LogP contribution is -2.40. The smallest absolute Gasteiger partial charge is 0.00956 e. The maximum absolute atomic E-state index is 6.49. The summed E-state index contributed by atoms with van der Waals surface area (Å²) in [4.78, 5) is 0. The molecule has 0 bridgehead atoms. The van der Waals surface area contributed by atoms with Crippen LogP contribution < -0.4 is 5.73 Å². The molecule has 17 heavy (non-hydrogen) atoms. The van der Waals surface area contributed by atoms with Crippen molar-refractivity contribution >= 4 is 0 Å². The van der Waals surface area contributed by atoms with Crippen molar-refractivity contribution in [3.63, 3.8) is 0 Å². The van der Waals surface area contributed by atoms with Crippen LogP contribution in [0.5, 0.6) is 0 Å². The molecule has 0 heterocycles. The highest BCUT2D eigenvalue weighted by Crippen LogP contribution is 2.34. The number of hydrogen-bond donors (Lipinski definition) is 1. The molecule has 1 saturated carbocycles. The van der Waals surface area contributed by atoms with Gasteiger partial charge in [0.2, 0.25) is 0 Å². The Kier molecular flexibility index (Phi) is 7.92. The fraction of sp³-hybridized carbons (Fsp3) is 1.00. The molecule has 0 aromatic rings. The second-order valence-corrected chi connectivity index (χ2v) is 6.02. The molecule has 0 aromatic heterocycles. The van der Waals surface area contributed by atoms with Crippen LogP contribution in [-0.2, 0) is 0 Å². The van der Waals surface area contributed by atoms with E-state index in [1.54, 1.807) is 0 Å².